The number of rotatable bonds is 6. The Balaban J connectivity index is 1.88. The normalized spacial score (nSPS) is 19.6. The minimum atomic E-state index is -0.581. The average molecular weight is 458 g/mol. The van der Waals surface area contributed by atoms with Gasteiger partial charge in [0, 0.05) is 51.5 Å². The Morgan fingerprint density at radius 2 is 1.85 bits per heavy atom. The number of hydrogen-bond donors (Lipinski definition) is 2. The second kappa shape index (κ2) is 10.7. The fourth-order valence-electron chi connectivity index (χ4n) is 4.20. The highest BCUT2D eigenvalue weighted by molar-refractivity contribution is 5.95. The van der Waals surface area contributed by atoms with Crippen molar-refractivity contribution in [2.75, 3.05) is 46.4 Å². The summed E-state index contributed by atoms with van der Waals surface area (Å²) in [6.07, 6.45) is 0. The van der Waals surface area contributed by atoms with Crippen LogP contribution >= 0.6 is 0 Å². The van der Waals surface area contributed by atoms with Crippen LogP contribution in [0.25, 0.3) is 0 Å². The van der Waals surface area contributed by atoms with Gasteiger partial charge in [-0.3, -0.25) is 9.80 Å². The van der Waals surface area contributed by atoms with E-state index in [9.17, 15) is 14.4 Å². The topological polar surface area (TPSA) is 94.2 Å². The molecule has 3 rings (SSSR count). The van der Waals surface area contributed by atoms with Crippen molar-refractivity contribution in [1.82, 2.24) is 25.3 Å². The summed E-state index contributed by atoms with van der Waals surface area (Å²) in [6.45, 7) is 10.7. The fraction of sp³-hybridized carbons (Fsp3) is 0.542. The summed E-state index contributed by atoms with van der Waals surface area (Å²) in [4.78, 5) is 43.7. The van der Waals surface area contributed by atoms with Crippen LogP contribution in [-0.2, 0) is 9.53 Å². The van der Waals surface area contributed by atoms with Crippen LogP contribution in [0.2, 0.25) is 0 Å². The van der Waals surface area contributed by atoms with E-state index in [4.69, 9.17) is 4.74 Å². The van der Waals surface area contributed by atoms with Gasteiger partial charge in [-0.15, -0.1) is 0 Å². The molecule has 180 valence electrons. The van der Waals surface area contributed by atoms with Crippen LogP contribution in [0.5, 0.6) is 0 Å². The summed E-state index contributed by atoms with van der Waals surface area (Å²) in [5, 5.41) is 5.89. The number of urea groups is 2. The summed E-state index contributed by atoms with van der Waals surface area (Å²) in [7, 11) is 1.67. The van der Waals surface area contributed by atoms with Crippen LogP contribution in [0.15, 0.2) is 35.5 Å². The van der Waals surface area contributed by atoms with Gasteiger partial charge in [0.2, 0.25) is 0 Å². The maximum Gasteiger partial charge on any atom is 0.338 e. The molecular formula is C24H35N5O4. The number of ether oxygens (including phenoxy) is 1. The number of nitrogens with zero attached hydrogens (tertiary/aromatic N) is 3. The zero-order chi connectivity index (χ0) is 24.1. The van der Waals surface area contributed by atoms with E-state index in [1.807, 2.05) is 45.0 Å². The third-order valence-corrected chi connectivity index (χ3v) is 6.02. The molecule has 0 aliphatic carbocycles. The smallest absolute Gasteiger partial charge is 0.338 e. The minimum Gasteiger partial charge on any atom is -0.463 e. The van der Waals surface area contributed by atoms with E-state index in [1.165, 1.54) is 4.90 Å². The number of carbonyl (C=O) groups excluding carboxylic acids is 3. The summed E-state index contributed by atoms with van der Waals surface area (Å²) < 4.78 is 5.41. The van der Waals surface area contributed by atoms with Gasteiger partial charge in [-0.2, -0.15) is 0 Å². The molecule has 1 aromatic carbocycles. The quantitative estimate of drug-likeness (QED) is 0.639. The molecule has 33 heavy (non-hydrogen) atoms. The van der Waals surface area contributed by atoms with Crippen molar-refractivity contribution < 1.29 is 19.1 Å². The van der Waals surface area contributed by atoms with Crippen molar-refractivity contribution in [1.29, 1.82) is 0 Å². The van der Waals surface area contributed by atoms with Crippen LogP contribution in [-0.4, -0.2) is 85.2 Å². The number of nitrogens with one attached hydrogen (secondary N) is 2. The lowest BCUT2D eigenvalue weighted by atomic mass is 9.91. The number of likely N-dealkylation sites (N-methyl/N-ethyl adjacent to an activating group) is 1. The van der Waals surface area contributed by atoms with Gasteiger partial charge in [-0.1, -0.05) is 24.3 Å². The molecule has 4 amide bonds. The van der Waals surface area contributed by atoms with Gasteiger partial charge in [-0.05, 0) is 38.8 Å². The minimum absolute atomic E-state index is 0.0649. The van der Waals surface area contributed by atoms with E-state index in [2.05, 4.69) is 15.5 Å². The van der Waals surface area contributed by atoms with Crippen molar-refractivity contribution in [3.63, 3.8) is 0 Å². The summed E-state index contributed by atoms with van der Waals surface area (Å²) >= 11 is 0. The van der Waals surface area contributed by atoms with Crippen LogP contribution in [0, 0.1) is 6.92 Å². The van der Waals surface area contributed by atoms with Crippen molar-refractivity contribution in [3.8, 4) is 0 Å². The van der Waals surface area contributed by atoms with Crippen LogP contribution < -0.4 is 10.6 Å². The third-order valence-electron chi connectivity index (χ3n) is 6.02. The first-order valence-corrected chi connectivity index (χ1v) is 11.5. The molecule has 1 fully saturated rings. The number of carbonyl (C=O) groups is 3. The number of piperazine rings is 1. The van der Waals surface area contributed by atoms with Gasteiger partial charge >= 0.3 is 18.0 Å². The van der Waals surface area contributed by atoms with Gasteiger partial charge < -0.3 is 20.3 Å². The Morgan fingerprint density at radius 1 is 1.18 bits per heavy atom. The van der Waals surface area contributed by atoms with Gasteiger partial charge in [0.05, 0.1) is 18.2 Å². The lowest BCUT2D eigenvalue weighted by Crippen LogP contribution is -2.55. The van der Waals surface area contributed by atoms with Crippen LogP contribution in [0.3, 0.4) is 0 Å². The molecular weight excluding hydrogens is 422 g/mol. The Bertz CT molecular complexity index is 921. The fourth-order valence-corrected chi connectivity index (χ4v) is 4.20. The largest absolute Gasteiger partial charge is 0.463 e. The number of esters is 1. The first-order valence-electron chi connectivity index (χ1n) is 11.5. The summed E-state index contributed by atoms with van der Waals surface area (Å²) in [5.74, 6) is -0.428. The van der Waals surface area contributed by atoms with Crippen LogP contribution in [0.1, 0.15) is 37.9 Å². The molecule has 0 bridgehead atoms. The third kappa shape index (κ3) is 5.65. The Kier molecular flexibility index (Phi) is 7.97. The average Bonchev–Trinajstić information content (AvgIpc) is 2.77. The predicted molar refractivity (Wildman–Crippen MR) is 126 cm³/mol. The predicted octanol–water partition coefficient (Wildman–Crippen LogP) is 2.24. The van der Waals surface area contributed by atoms with Gasteiger partial charge in [0.25, 0.3) is 0 Å². The SMILES string of the molecule is CCOC(=O)C1=C(CN2CCN(C(=O)NC(C)C)CC2)N(C)C(=O)NC1c1ccccc1C. The first-order chi connectivity index (χ1) is 15.7. The number of hydrogen-bond acceptors (Lipinski definition) is 5. The molecule has 2 heterocycles. The second-order valence-corrected chi connectivity index (χ2v) is 8.75. The number of benzene rings is 1. The molecule has 2 aliphatic rings. The molecule has 9 heteroatoms. The Morgan fingerprint density at radius 3 is 2.45 bits per heavy atom. The molecule has 9 nitrogen and oxygen atoms in total. The van der Waals surface area contributed by atoms with Gasteiger partial charge in [0.1, 0.15) is 0 Å². The van der Waals surface area contributed by atoms with E-state index in [-0.39, 0.29) is 24.7 Å². The van der Waals surface area contributed by atoms with Crippen molar-refractivity contribution in [2.24, 2.45) is 0 Å². The van der Waals surface area contributed by atoms with E-state index in [0.717, 1.165) is 11.1 Å². The van der Waals surface area contributed by atoms with Crippen molar-refractivity contribution in [2.45, 2.75) is 39.8 Å². The lowest BCUT2D eigenvalue weighted by Gasteiger charge is -2.39. The molecule has 0 radical (unpaired) electrons. The maximum absolute atomic E-state index is 13.1. The molecule has 0 aromatic heterocycles. The van der Waals surface area contributed by atoms with Crippen molar-refractivity contribution >= 4 is 18.0 Å². The Hall–Kier alpha value is -3.07. The van der Waals surface area contributed by atoms with E-state index >= 15 is 0 Å². The van der Waals surface area contributed by atoms with Crippen molar-refractivity contribution in [3.05, 3.63) is 46.7 Å². The lowest BCUT2D eigenvalue weighted by molar-refractivity contribution is -0.139. The standard InChI is InChI=1S/C24H35N5O4/c1-6-33-22(30)20-19(15-28-11-13-29(14-12-28)24(32)25-16(2)3)27(5)23(31)26-21(20)18-10-8-7-9-17(18)4/h7-10,16,21H,6,11-15H2,1-5H3,(H,25,32)(H,26,31). The molecule has 2 aliphatic heterocycles. The van der Waals surface area contributed by atoms with E-state index < -0.39 is 12.0 Å². The second-order valence-electron chi connectivity index (χ2n) is 8.75. The zero-order valence-corrected chi connectivity index (χ0v) is 20.2. The highest BCUT2D eigenvalue weighted by atomic mass is 16.5. The highest BCUT2D eigenvalue weighted by Gasteiger charge is 2.38. The number of amides is 4. The number of aryl methyl sites for hydroxylation is 1. The van der Waals surface area contributed by atoms with Gasteiger partial charge in [-0.25, -0.2) is 14.4 Å². The first kappa shape index (κ1) is 24.6. The molecule has 1 atom stereocenters. The molecule has 1 saturated heterocycles. The molecule has 2 N–H and O–H groups in total. The van der Waals surface area contributed by atoms with E-state index in [1.54, 1.807) is 18.9 Å². The van der Waals surface area contributed by atoms with Gasteiger partial charge in [0.15, 0.2) is 0 Å². The van der Waals surface area contributed by atoms with Crippen LogP contribution in [0.4, 0.5) is 9.59 Å². The molecule has 1 unspecified atom stereocenters. The molecule has 0 spiro atoms. The molecule has 0 saturated carbocycles. The van der Waals surface area contributed by atoms with E-state index in [0.29, 0.717) is 44.0 Å². The Labute approximate surface area is 195 Å². The highest BCUT2D eigenvalue weighted by Crippen LogP contribution is 2.33. The molecule has 1 aromatic rings. The maximum atomic E-state index is 13.1. The monoisotopic (exact) mass is 457 g/mol. The summed E-state index contributed by atoms with van der Waals surface area (Å²) in [5.41, 5.74) is 2.94. The summed E-state index contributed by atoms with van der Waals surface area (Å²) in [6, 6.07) is 6.89. The zero-order valence-electron chi connectivity index (χ0n) is 20.2.